The van der Waals surface area contributed by atoms with Crippen LogP contribution >= 0.6 is 15.9 Å². The monoisotopic (exact) mass is 254 g/mol. The molecule has 1 aliphatic heterocycles. The largest absolute Gasteiger partial charge is 0.374 e. The highest BCUT2D eigenvalue weighted by atomic mass is 79.9. The van der Waals surface area contributed by atoms with Crippen LogP contribution in [0.2, 0.25) is 0 Å². The van der Waals surface area contributed by atoms with Crippen LogP contribution < -0.4 is 10.6 Å². The number of benzene rings is 1. The van der Waals surface area contributed by atoms with E-state index in [2.05, 4.69) is 26.6 Å². The Labute approximate surface area is 91.0 Å². The summed E-state index contributed by atoms with van der Waals surface area (Å²) in [5.41, 5.74) is 0.974. The van der Waals surface area contributed by atoms with Crippen molar-refractivity contribution in [3.8, 4) is 0 Å². The summed E-state index contributed by atoms with van der Waals surface area (Å²) in [5, 5.41) is 5.98. The van der Waals surface area contributed by atoms with Gasteiger partial charge < -0.3 is 10.6 Å². The van der Waals surface area contributed by atoms with Gasteiger partial charge in [0, 0.05) is 16.7 Å². The minimum Gasteiger partial charge on any atom is -0.374 e. The molecule has 0 bridgehead atoms. The Kier molecular flexibility index (Phi) is 2.72. The average molecular weight is 255 g/mol. The summed E-state index contributed by atoms with van der Waals surface area (Å²) < 4.78 is 1.01. The first-order valence-electron chi connectivity index (χ1n) is 4.55. The minimum absolute atomic E-state index is 0.0794. The highest BCUT2D eigenvalue weighted by molar-refractivity contribution is 9.10. The lowest BCUT2D eigenvalue weighted by atomic mass is 10.2. The number of amides is 1. The van der Waals surface area contributed by atoms with Crippen molar-refractivity contribution >= 4 is 27.5 Å². The molecule has 0 spiro atoms. The third-order valence-electron chi connectivity index (χ3n) is 2.21. The Bertz CT molecular complexity index is 354. The Balaban J connectivity index is 2.07. The van der Waals surface area contributed by atoms with Crippen molar-refractivity contribution in [1.29, 1.82) is 0 Å². The van der Waals surface area contributed by atoms with Crippen LogP contribution in [-0.4, -0.2) is 18.5 Å². The maximum absolute atomic E-state index is 11.3. The number of carbonyl (C=O) groups excluding carboxylic acids is 1. The van der Waals surface area contributed by atoms with E-state index in [4.69, 9.17) is 0 Å². The fraction of sp³-hybridized carbons (Fsp3) is 0.300. The maximum Gasteiger partial charge on any atom is 0.242 e. The van der Waals surface area contributed by atoms with Crippen molar-refractivity contribution < 1.29 is 4.79 Å². The number of nitrogens with one attached hydrogen (secondary N) is 2. The van der Waals surface area contributed by atoms with Gasteiger partial charge in [-0.25, -0.2) is 0 Å². The van der Waals surface area contributed by atoms with Crippen LogP contribution in [0.1, 0.15) is 6.42 Å². The Morgan fingerprint density at radius 2 is 2.36 bits per heavy atom. The van der Waals surface area contributed by atoms with Crippen LogP contribution in [0.15, 0.2) is 28.7 Å². The summed E-state index contributed by atoms with van der Waals surface area (Å²) >= 11 is 3.39. The summed E-state index contributed by atoms with van der Waals surface area (Å²) in [7, 11) is 0. The summed E-state index contributed by atoms with van der Waals surface area (Å²) in [6, 6.07) is 7.74. The normalized spacial score (nSPS) is 20.6. The lowest BCUT2D eigenvalue weighted by Gasteiger charge is -2.11. The highest BCUT2D eigenvalue weighted by Gasteiger charge is 2.23. The third kappa shape index (κ3) is 2.07. The van der Waals surface area contributed by atoms with Gasteiger partial charge in [-0.05, 0) is 24.6 Å². The molecule has 2 rings (SSSR count). The predicted molar refractivity (Wildman–Crippen MR) is 59.2 cm³/mol. The van der Waals surface area contributed by atoms with E-state index in [1.54, 1.807) is 0 Å². The van der Waals surface area contributed by atoms with Crippen molar-refractivity contribution in [3.63, 3.8) is 0 Å². The van der Waals surface area contributed by atoms with Gasteiger partial charge in [0.15, 0.2) is 0 Å². The smallest absolute Gasteiger partial charge is 0.242 e. The standard InChI is InChI=1S/C10H11BrN2O/c11-7-2-1-3-8(6-7)13-9-4-5-12-10(9)14/h1-3,6,9,13H,4-5H2,(H,12,14). The first kappa shape index (κ1) is 9.52. The third-order valence-corrected chi connectivity index (χ3v) is 2.71. The molecule has 1 fully saturated rings. The van der Waals surface area contributed by atoms with Gasteiger partial charge in [-0.3, -0.25) is 4.79 Å². The van der Waals surface area contributed by atoms with Crippen molar-refractivity contribution in [2.75, 3.05) is 11.9 Å². The zero-order valence-corrected chi connectivity index (χ0v) is 9.17. The van der Waals surface area contributed by atoms with Crippen LogP contribution in [0.4, 0.5) is 5.69 Å². The van der Waals surface area contributed by atoms with Crippen LogP contribution in [0.25, 0.3) is 0 Å². The van der Waals surface area contributed by atoms with Gasteiger partial charge in [0.2, 0.25) is 5.91 Å². The molecule has 1 aromatic carbocycles. The summed E-state index contributed by atoms with van der Waals surface area (Å²) in [5.74, 6) is 0.0879. The van der Waals surface area contributed by atoms with E-state index in [1.165, 1.54) is 0 Å². The first-order valence-corrected chi connectivity index (χ1v) is 5.35. The van der Waals surface area contributed by atoms with Gasteiger partial charge in [-0.1, -0.05) is 22.0 Å². The molecule has 1 heterocycles. The zero-order chi connectivity index (χ0) is 9.97. The molecule has 74 valence electrons. The molecule has 1 unspecified atom stereocenters. The number of hydrogen-bond donors (Lipinski definition) is 2. The van der Waals surface area contributed by atoms with Gasteiger partial charge in [0.05, 0.1) is 0 Å². The van der Waals surface area contributed by atoms with Gasteiger partial charge in [0.25, 0.3) is 0 Å². The number of anilines is 1. The zero-order valence-electron chi connectivity index (χ0n) is 7.59. The van der Waals surface area contributed by atoms with Gasteiger partial charge in [-0.2, -0.15) is 0 Å². The van der Waals surface area contributed by atoms with E-state index in [9.17, 15) is 4.79 Å². The van der Waals surface area contributed by atoms with Crippen molar-refractivity contribution in [2.24, 2.45) is 0 Å². The molecular weight excluding hydrogens is 244 g/mol. The molecule has 0 saturated carbocycles. The van der Waals surface area contributed by atoms with Gasteiger partial charge >= 0.3 is 0 Å². The topological polar surface area (TPSA) is 41.1 Å². The van der Waals surface area contributed by atoms with Crippen LogP contribution in [-0.2, 0) is 4.79 Å². The highest BCUT2D eigenvalue weighted by Crippen LogP contribution is 2.17. The minimum atomic E-state index is -0.0794. The Morgan fingerprint density at radius 3 is 3.00 bits per heavy atom. The second-order valence-corrected chi connectivity index (χ2v) is 4.20. The molecule has 1 aliphatic rings. The van der Waals surface area contributed by atoms with E-state index in [1.807, 2.05) is 24.3 Å². The van der Waals surface area contributed by atoms with E-state index >= 15 is 0 Å². The average Bonchev–Trinajstić information content (AvgIpc) is 2.52. The number of hydrogen-bond acceptors (Lipinski definition) is 2. The molecule has 1 amide bonds. The van der Waals surface area contributed by atoms with E-state index in [0.29, 0.717) is 0 Å². The summed E-state index contributed by atoms with van der Waals surface area (Å²) in [4.78, 5) is 11.3. The predicted octanol–water partition coefficient (Wildman–Crippen LogP) is 1.75. The molecule has 2 N–H and O–H groups in total. The summed E-state index contributed by atoms with van der Waals surface area (Å²) in [6.45, 7) is 0.768. The van der Waals surface area contributed by atoms with Gasteiger partial charge in [-0.15, -0.1) is 0 Å². The number of halogens is 1. The number of carbonyl (C=O) groups is 1. The van der Waals surface area contributed by atoms with Crippen molar-refractivity contribution in [1.82, 2.24) is 5.32 Å². The molecule has 3 nitrogen and oxygen atoms in total. The molecule has 1 saturated heterocycles. The second kappa shape index (κ2) is 4.00. The fourth-order valence-corrected chi connectivity index (χ4v) is 1.91. The molecule has 0 radical (unpaired) electrons. The SMILES string of the molecule is O=C1NCCC1Nc1cccc(Br)c1. The summed E-state index contributed by atoms with van der Waals surface area (Å²) in [6.07, 6.45) is 0.853. The second-order valence-electron chi connectivity index (χ2n) is 3.29. The lowest BCUT2D eigenvalue weighted by Crippen LogP contribution is -2.29. The molecule has 0 aromatic heterocycles. The molecule has 14 heavy (non-hydrogen) atoms. The molecule has 1 aromatic rings. The van der Waals surface area contributed by atoms with E-state index < -0.39 is 0 Å². The maximum atomic E-state index is 11.3. The molecule has 0 aliphatic carbocycles. The van der Waals surface area contributed by atoms with E-state index in [-0.39, 0.29) is 11.9 Å². The van der Waals surface area contributed by atoms with Crippen LogP contribution in [0.5, 0.6) is 0 Å². The van der Waals surface area contributed by atoms with Crippen molar-refractivity contribution in [2.45, 2.75) is 12.5 Å². The van der Waals surface area contributed by atoms with Crippen LogP contribution in [0.3, 0.4) is 0 Å². The lowest BCUT2D eigenvalue weighted by molar-refractivity contribution is -0.119. The quantitative estimate of drug-likeness (QED) is 0.845. The van der Waals surface area contributed by atoms with Crippen molar-refractivity contribution in [3.05, 3.63) is 28.7 Å². The fourth-order valence-electron chi connectivity index (χ4n) is 1.51. The van der Waals surface area contributed by atoms with Crippen LogP contribution in [0, 0.1) is 0 Å². The molecule has 1 atom stereocenters. The molecular formula is C10H11BrN2O. The number of rotatable bonds is 2. The van der Waals surface area contributed by atoms with E-state index in [0.717, 1.165) is 23.1 Å². The Hall–Kier alpha value is -1.03. The molecule has 4 heteroatoms. The Morgan fingerprint density at radius 1 is 1.50 bits per heavy atom. The van der Waals surface area contributed by atoms with Gasteiger partial charge in [0.1, 0.15) is 6.04 Å². The first-order chi connectivity index (χ1) is 6.75.